The van der Waals surface area contributed by atoms with Gasteiger partial charge in [0.1, 0.15) is 0 Å². The molecule has 0 fully saturated rings. The summed E-state index contributed by atoms with van der Waals surface area (Å²) in [6, 6.07) is 0. The van der Waals surface area contributed by atoms with Crippen LogP contribution in [0.5, 0.6) is 0 Å². The summed E-state index contributed by atoms with van der Waals surface area (Å²) in [7, 11) is 66.4. The largest absolute Gasteiger partial charge is 0.0937 e. The minimum absolute atomic E-state index is 0.588. The molecule has 0 saturated heterocycles. The van der Waals surface area contributed by atoms with Crippen LogP contribution in [0.15, 0.2) is 0 Å². The van der Waals surface area contributed by atoms with E-state index in [1.165, 1.54) is 7.06 Å². The fourth-order valence-electron chi connectivity index (χ4n) is 2.08. The summed E-state index contributed by atoms with van der Waals surface area (Å²) in [5.74, 6) is 0. The van der Waals surface area contributed by atoms with Gasteiger partial charge in [-0.05, 0) is 0 Å². The zero-order valence-electron chi connectivity index (χ0n) is 21.1. The van der Waals surface area contributed by atoms with Gasteiger partial charge in [-0.15, -0.1) is 0 Å². The summed E-state index contributed by atoms with van der Waals surface area (Å²) >= 11 is 0. The van der Waals surface area contributed by atoms with E-state index < -0.39 is 0 Å². The van der Waals surface area contributed by atoms with Gasteiger partial charge in [0.15, 0.2) is 0 Å². The van der Waals surface area contributed by atoms with Crippen molar-refractivity contribution < 1.29 is 0 Å². The van der Waals surface area contributed by atoms with E-state index in [-0.39, 0.29) is 0 Å². The van der Waals surface area contributed by atoms with Gasteiger partial charge in [-0.3, -0.25) is 0 Å². The minimum Gasteiger partial charge on any atom is -0.0937 e. The molecule has 0 unspecified atom stereocenters. The summed E-state index contributed by atoms with van der Waals surface area (Å²) in [6.45, 7) is 4.92. The van der Waals surface area contributed by atoms with E-state index in [0.717, 1.165) is 0 Å². The van der Waals surface area contributed by atoms with Crippen LogP contribution < -0.4 is 0 Å². The Balaban J connectivity index is 3.01. The zero-order chi connectivity index (χ0) is 25.5. The van der Waals surface area contributed by atoms with Gasteiger partial charge in [0, 0.05) is 227 Å². The summed E-state index contributed by atoms with van der Waals surface area (Å²) in [5.41, 5.74) is 0. The quantitative estimate of drug-likeness (QED) is 0.0820. The van der Waals surface area contributed by atoms with E-state index in [1.54, 1.807) is 7.06 Å². The lowest BCUT2D eigenvalue weighted by Crippen LogP contribution is -2.37. The maximum atomic E-state index is 5.23. The zero-order valence-corrected chi connectivity index (χ0v) is 21.1. The van der Waals surface area contributed by atoms with Crippen LogP contribution in [0.3, 0.4) is 0 Å². The number of rotatable bonds is 31. The maximum absolute atomic E-state index is 5.23. The Labute approximate surface area is 245 Å². The van der Waals surface area contributed by atoms with Crippen LogP contribution >= 0.6 is 0 Å². The molecular weight excluding hydrogens is 381 g/mol. The highest BCUT2D eigenvalue weighted by Gasteiger charge is 2.03. The summed E-state index contributed by atoms with van der Waals surface area (Å²) < 4.78 is 0. The van der Waals surface area contributed by atoms with Crippen molar-refractivity contribution in [1.29, 1.82) is 0 Å². The van der Waals surface area contributed by atoms with Crippen molar-refractivity contribution in [3.63, 3.8) is 0 Å². The lowest BCUT2D eigenvalue weighted by molar-refractivity contribution is 2.10. The molecule has 35 heavy (non-hydrogen) atoms. The van der Waals surface area contributed by atoms with Crippen molar-refractivity contribution >= 4 is 233 Å². The third-order valence-corrected chi connectivity index (χ3v) is 3.72. The van der Waals surface area contributed by atoms with Gasteiger partial charge in [-0.2, -0.15) is 0 Å². The molecule has 0 aliphatic carbocycles. The van der Waals surface area contributed by atoms with Gasteiger partial charge in [-0.25, -0.2) is 0 Å². The fourth-order valence-corrected chi connectivity index (χ4v) is 2.08. The van der Waals surface area contributed by atoms with Crippen molar-refractivity contribution in [1.82, 2.24) is 0 Å². The van der Waals surface area contributed by atoms with E-state index in [0.29, 0.717) is 6.60 Å². The first-order valence-corrected chi connectivity index (χ1v) is 11.8. The molecule has 0 aromatic heterocycles. The van der Waals surface area contributed by atoms with Crippen LogP contribution in [0.25, 0.3) is 0 Å². The van der Waals surface area contributed by atoms with Gasteiger partial charge in [-0.1, -0.05) is 13.6 Å². The van der Waals surface area contributed by atoms with E-state index in [2.05, 4.69) is 27.8 Å². The van der Waals surface area contributed by atoms with E-state index in [4.69, 9.17) is 7.74 Å². The van der Waals surface area contributed by atoms with Crippen molar-refractivity contribution in [2.45, 2.75) is 13.6 Å². The first kappa shape index (κ1) is 37.1. The molecule has 0 nitrogen and oxygen atoms in total. The Morgan fingerprint density at radius 3 is 0.629 bits per heavy atom. The van der Waals surface area contributed by atoms with Gasteiger partial charge in [0.05, 0.1) is 6.60 Å². The van der Waals surface area contributed by atoms with Crippen LogP contribution in [0, 0.1) is 0 Å². The summed E-state index contributed by atoms with van der Waals surface area (Å²) in [6.07, 6.45) is 0. The Morgan fingerprint density at radius 2 is 0.457 bits per heavy atom. The first-order chi connectivity index (χ1) is 17.3. The highest BCUT2D eigenvalue weighted by atomic mass is 13.1. The molecule has 0 amide bonds. The summed E-state index contributed by atoms with van der Waals surface area (Å²) in [5, 5.41) is 0. The van der Waals surface area contributed by atoms with E-state index >= 15 is 0 Å². The molecule has 0 rings (SSSR count). The number of hydrogen-bond donors (Lipinski definition) is 0. The lowest BCUT2D eigenvalue weighted by atomic mass is 8.82. The van der Waals surface area contributed by atoms with Gasteiger partial charge in [0.2, 0.25) is 0 Å². The molecule has 0 aliphatic rings. The second-order valence-electron chi connectivity index (χ2n) is 7.21. The Morgan fingerprint density at radius 1 is 0.286 bits per heavy atom. The van der Waals surface area contributed by atoms with Gasteiger partial charge < -0.3 is 0 Å². The van der Waals surface area contributed by atoms with Gasteiger partial charge in [0.25, 0.3) is 0 Å². The van der Waals surface area contributed by atoms with Crippen LogP contribution in [0.4, 0.5) is 0 Å². The van der Waals surface area contributed by atoms with Crippen LogP contribution in [-0.4, -0.2) is 233 Å². The molecule has 0 heterocycles. The SMILES string of the molecule is [B][B][B][B][B][B][B][B][B][B][B][B][B][B][B][B][B][B][B][B][B][B][B][B][B][B][B][B][B][B][B][B]B(C)C. The third kappa shape index (κ3) is 36.1. The monoisotopic (exact) mass is 393 g/mol. The highest BCUT2D eigenvalue weighted by Crippen LogP contribution is 1.71. The molecule has 113 valence electrons. The van der Waals surface area contributed by atoms with Crippen LogP contribution in [0.2, 0.25) is 13.6 Å². The van der Waals surface area contributed by atoms with Crippen LogP contribution in [-0.2, 0) is 0 Å². The van der Waals surface area contributed by atoms with Crippen molar-refractivity contribution in [2.75, 3.05) is 0 Å². The van der Waals surface area contributed by atoms with E-state index in [9.17, 15) is 0 Å². The molecule has 33 heteroatoms. The Kier molecular flexibility index (Phi) is 36.3. The molecule has 0 atom stereocenters. The first-order valence-electron chi connectivity index (χ1n) is 11.8. The molecule has 0 N–H and O–H groups in total. The lowest BCUT2D eigenvalue weighted by Gasteiger charge is -1.99. The third-order valence-electron chi connectivity index (χ3n) is 3.72. The Bertz CT molecular complexity index is 355. The smallest absolute Gasteiger partial charge is 0.0835 e. The maximum Gasteiger partial charge on any atom is 0.0835 e. The fraction of sp³-hybridized carbons (Fsp3) is 1.00. The van der Waals surface area contributed by atoms with E-state index in [1.807, 2.05) is 191 Å². The molecule has 0 aromatic carbocycles. The number of hydrogen-bond acceptors (Lipinski definition) is 0. The van der Waals surface area contributed by atoms with Crippen molar-refractivity contribution in [3.05, 3.63) is 0 Å². The van der Waals surface area contributed by atoms with Crippen molar-refractivity contribution in [3.8, 4) is 0 Å². The molecule has 33 radical (unpaired) electrons. The molecule has 0 bridgehead atoms. The molecule has 0 aromatic rings. The predicted octanol–water partition coefficient (Wildman–Crippen LogP) is -11.4. The topological polar surface area (TPSA) is 0 Å². The minimum atomic E-state index is 0.588. The van der Waals surface area contributed by atoms with Gasteiger partial charge >= 0.3 is 0 Å². The Hall–Kier alpha value is 2.14. The normalized spacial score (nSPS) is 7.83. The predicted molar refractivity (Wildman–Crippen MR) is 202 cm³/mol. The second kappa shape index (κ2) is 34.2. The van der Waals surface area contributed by atoms with Crippen molar-refractivity contribution in [2.24, 2.45) is 0 Å². The standard InChI is InChI=1S/C2H6B33/c1-35(2)34-33-32-31-30-29-28-27-26-25-24-23-22-21-20-19-18-17-16-15-14-13-12-11-10-9-8-7-6-5-4-3/h1-2H3. The van der Waals surface area contributed by atoms with Crippen LogP contribution in [0.1, 0.15) is 0 Å². The molecule has 0 spiro atoms. The molecule has 0 aliphatic heterocycles. The average molecular weight is 387 g/mol. The summed E-state index contributed by atoms with van der Waals surface area (Å²) in [4.78, 5) is 0. The molecular formula is C2H6B33. The second-order valence-corrected chi connectivity index (χ2v) is 7.21. The average Bonchev–Trinajstić information content (AvgIpc) is 2.85. The highest BCUT2D eigenvalue weighted by molar-refractivity contribution is 7.77. The molecule has 0 saturated carbocycles.